The third-order valence-electron chi connectivity index (χ3n) is 5.86. The van der Waals surface area contributed by atoms with Crippen LogP contribution in [0.5, 0.6) is 0 Å². The van der Waals surface area contributed by atoms with Crippen LogP contribution in [0.1, 0.15) is 69.7 Å². The normalized spacial score (nSPS) is 12.7. The van der Waals surface area contributed by atoms with Crippen molar-refractivity contribution in [3.8, 4) is 0 Å². The van der Waals surface area contributed by atoms with Crippen LogP contribution in [0, 0.1) is 13.8 Å². The molecule has 0 aromatic heterocycles. The molecule has 0 aliphatic carbocycles. The number of ether oxygens (including phenoxy) is 1. The lowest BCUT2D eigenvalue weighted by molar-refractivity contribution is -0.141. The molecule has 206 valence electrons. The van der Waals surface area contributed by atoms with Crippen molar-refractivity contribution in [1.29, 1.82) is 0 Å². The molecule has 0 fully saturated rings. The van der Waals surface area contributed by atoms with Crippen molar-refractivity contribution >= 4 is 29.5 Å². The number of benzene rings is 2. The maximum absolute atomic E-state index is 14.0. The molecule has 0 bridgehead atoms. The van der Waals surface area contributed by atoms with Crippen LogP contribution in [0.4, 0.5) is 10.5 Å². The smallest absolute Gasteiger partial charge is 0.408 e. The molecule has 0 radical (unpaired) electrons. The van der Waals surface area contributed by atoms with Crippen LogP contribution >= 0.6 is 0 Å². The van der Waals surface area contributed by atoms with E-state index in [2.05, 4.69) is 10.6 Å². The van der Waals surface area contributed by atoms with Crippen molar-refractivity contribution in [2.45, 2.75) is 78.5 Å². The van der Waals surface area contributed by atoms with Gasteiger partial charge in [-0.15, -0.1) is 0 Å². The number of anilines is 1. The molecule has 4 amide bonds. The van der Waals surface area contributed by atoms with Crippen molar-refractivity contribution in [1.82, 2.24) is 10.2 Å². The van der Waals surface area contributed by atoms with E-state index in [9.17, 15) is 19.2 Å². The molecule has 0 spiro atoms. The predicted molar refractivity (Wildman–Crippen MR) is 147 cm³/mol. The monoisotopic (exact) mass is 524 g/mol. The van der Waals surface area contributed by atoms with Crippen LogP contribution in [0.3, 0.4) is 0 Å². The van der Waals surface area contributed by atoms with Gasteiger partial charge in [0.05, 0.1) is 0 Å². The molecule has 9 nitrogen and oxygen atoms in total. The Hall–Kier alpha value is -3.88. The molecular weight excluding hydrogens is 484 g/mol. The van der Waals surface area contributed by atoms with Crippen LogP contribution in [-0.4, -0.2) is 46.9 Å². The number of carbonyl (C=O) groups excluding carboxylic acids is 4. The van der Waals surface area contributed by atoms with E-state index in [0.717, 1.165) is 11.1 Å². The number of nitrogens with one attached hydrogen (secondary N) is 2. The number of primary amides is 1. The van der Waals surface area contributed by atoms with Crippen LogP contribution in [0.15, 0.2) is 48.5 Å². The highest BCUT2D eigenvalue weighted by Crippen LogP contribution is 2.28. The van der Waals surface area contributed by atoms with Gasteiger partial charge in [0.15, 0.2) is 0 Å². The molecule has 2 rings (SSSR count). The number of alkyl carbamates (subject to hydrolysis) is 1. The molecule has 2 unspecified atom stereocenters. The number of nitrogens with zero attached hydrogens (tertiary/aromatic N) is 1. The minimum absolute atomic E-state index is 0.0342. The number of rotatable bonds is 11. The second-order valence-corrected chi connectivity index (χ2v) is 10.3. The standard InChI is InChI=1S/C29H40N4O5/c1-7-18-33(27(36)23(16-17-24(30)34)32-28(37)38-29(4,5)6)25(21-14-10-8-12-19(21)2)26(35)31-22-15-11-9-13-20(22)3/h8-15,23,25H,7,16-18H2,1-6H3,(H2,30,34)(H,31,35)(H,32,37). The number of carbonyl (C=O) groups is 4. The summed E-state index contributed by atoms with van der Waals surface area (Å²) in [5, 5.41) is 5.57. The number of hydrogen-bond donors (Lipinski definition) is 3. The van der Waals surface area contributed by atoms with E-state index in [4.69, 9.17) is 10.5 Å². The lowest BCUT2D eigenvalue weighted by atomic mass is 9.97. The van der Waals surface area contributed by atoms with Crippen LogP contribution in [0.2, 0.25) is 0 Å². The summed E-state index contributed by atoms with van der Waals surface area (Å²) in [4.78, 5) is 53.5. The Morgan fingerprint density at radius 1 is 0.974 bits per heavy atom. The van der Waals surface area contributed by atoms with Gasteiger partial charge in [0, 0.05) is 18.7 Å². The van der Waals surface area contributed by atoms with Gasteiger partial charge in [0.25, 0.3) is 5.91 Å². The van der Waals surface area contributed by atoms with E-state index >= 15 is 0 Å². The first-order chi connectivity index (χ1) is 17.8. The predicted octanol–water partition coefficient (Wildman–Crippen LogP) is 4.38. The highest BCUT2D eigenvalue weighted by molar-refractivity contribution is 5.99. The summed E-state index contributed by atoms with van der Waals surface area (Å²) < 4.78 is 5.35. The van der Waals surface area contributed by atoms with E-state index in [1.165, 1.54) is 4.90 Å². The van der Waals surface area contributed by atoms with E-state index in [1.807, 2.05) is 63.2 Å². The first-order valence-electron chi connectivity index (χ1n) is 12.8. The van der Waals surface area contributed by atoms with Crippen molar-refractivity contribution in [3.05, 3.63) is 65.2 Å². The number of hydrogen-bond acceptors (Lipinski definition) is 5. The van der Waals surface area contributed by atoms with Gasteiger partial charge < -0.3 is 26.0 Å². The second kappa shape index (κ2) is 13.6. The fourth-order valence-electron chi connectivity index (χ4n) is 4.06. The first kappa shape index (κ1) is 30.3. The molecule has 38 heavy (non-hydrogen) atoms. The third-order valence-corrected chi connectivity index (χ3v) is 5.86. The van der Waals surface area contributed by atoms with Crippen molar-refractivity contribution in [2.24, 2.45) is 5.73 Å². The van der Waals surface area contributed by atoms with Gasteiger partial charge in [-0.25, -0.2) is 4.79 Å². The molecule has 2 atom stereocenters. The zero-order valence-corrected chi connectivity index (χ0v) is 23.2. The molecule has 4 N–H and O–H groups in total. The summed E-state index contributed by atoms with van der Waals surface area (Å²) in [6, 6.07) is 12.6. The van der Waals surface area contributed by atoms with Gasteiger partial charge in [-0.2, -0.15) is 0 Å². The number of aryl methyl sites for hydroxylation is 2. The van der Waals surface area contributed by atoms with Crippen LogP contribution < -0.4 is 16.4 Å². The lowest BCUT2D eigenvalue weighted by Gasteiger charge is -2.35. The highest BCUT2D eigenvalue weighted by Gasteiger charge is 2.36. The Balaban J connectivity index is 2.52. The van der Waals surface area contributed by atoms with Gasteiger partial charge in [0.1, 0.15) is 17.7 Å². The summed E-state index contributed by atoms with van der Waals surface area (Å²) in [5.41, 5.74) is 7.57. The molecule has 0 aliphatic heterocycles. The van der Waals surface area contributed by atoms with Crippen LogP contribution in [0.25, 0.3) is 0 Å². The Morgan fingerprint density at radius 3 is 2.13 bits per heavy atom. The molecule has 0 heterocycles. The van der Waals surface area contributed by atoms with Crippen LogP contribution in [-0.2, 0) is 19.1 Å². The summed E-state index contributed by atoms with van der Waals surface area (Å²) >= 11 is 0. The molecule has 0 aliphatic rings. The van der Waals surface area contributed by atoms with Crippen molar-refractivity contribution in [2.75, 3.05) is 11.9 Å². The van der Waals surface area contributed by atoms with Gasteiger partial charge in [0.2, 0.25) is 11.8 Å². The molecule has 9 heteroatoms. The van der Waals surface area contributed by atoms with E-state index < -0.39 is 35.6 Å². The molecule has 2 aromatic carbocycles. The average molecular weight is 525 g/mol. The number of nitrogens with two attached hydrogens (primary N) is 1. The lowest BCUT2D eigenvalue weighted by Crippen LogP contribution is -2.53. The summed E-state index contributed by atoms with van der Waals surface area (Å²) in [7, 11) is 0. The van der Waals surface area contributed by atoms with Crippen molar-refractivity contribution in [3.63, 3.8) is 0 Å². The maximum Gasteiger partial charge on any atom is 0.408 e. The van der Waals surface area contributed by atoms with E-state index in [0.29, 0.717) is 17.7 Å². The molecular formula is C29H40N4O5. The van der Waals surface area contributed by atoms with Gasteiger partial charge >= 0.3 is 6.09 Å². The molecule has 2 aromatic rings. The first-order valence-corrected chi connectivity index (χ1v) is 12.8. The van der Waals surface area contributed by atoms with E-state index in [-0.39, 0.29) is 25.3 Å². The minimum Gasteiger partial charge on any atom is -0.444 e. The van der Waals surface area contributed by atoms with Gasteiger partial charge in [-0.1, -0.05) is 49.4 Å². The van der Waals surface area contributed by atoms with Gasteiger partial charge in [-0.05, 0) is 70.2 Å². The zero-order valence-electron chi connectivity index (χ0n) is 23.2. The Kier molecular flexibility index (Phi) is 10.9. The fraction of sp³-hybridized carbons (Fsp3) is 0.448. The summed E-state index contributed by atoms with van der Waals surface area (Å²) in [5.74, 6) is -1.50. The maximum atomic E-state index is 14.0. The summed E-state index contributed by atoms with van der Waals surface area (Å²) in [6.07, 6.45) is -0.404. The number of para-hydroxylation sites is 1. The Bertz CT molecular complexity index is 1140. The Morgan fingerprint density at radius 2 is 1.58 bits per heavy atom. The molecule has 0 saturated heterocycles. The fourth-order valence-corrected chi connectivity index (χ4v) is 4.06. The zero-order chi connectivity index (χ0) is 28.5. The molecule has 0 saturated carbocycles. The SMILES string of the molecule is CCCN(C(=O)C(CCC(N)=O)NC(=O)OC(C)(C)C)C(C(=O)Nc1ccccc1C)c1ccccc1C. The largest absolute Gasteiger partial charge is 0.444 e. The summed E-state index contributed by atoms with van der Waals surface area (Å²) in [6.45, 7) is 11.0. The number of amides is 4. The topological polar surface area (TPSA) is 131 Å². The van der Waals surface area contributed by atoms with Gasteiger partial charge in [-0.3, -0.25) is 14.4 Å². The minimum atomic E-state index is -1.12. The van der Waals surface area contributed by atoms with E-state index in [1.54, 1.807) is 26.8 Å². The highest BCUT2D eigenvalue weighted by atomic mass is 16.6. The quantitative estimate of drug-likeness (QED) is 0.401. The average Bonchev–Trinajstić information content (AvgIpc) is 2.82. The second-order valence-electron chi connectivity index (χ2n) is 10.3. The third kappa shape index (κ3) is 8.90. The van der Waals surface area contributed by atoms with Crippen molar-refractivity contribution < 1.29 is 23.9 Å². The Labute approximate surface area is 225 Å².